The SMILES string of the molecule is N[C@]1(CO)CC[C@H](c2ccc3c(c2)CC[C@@H](CSC24CC5CC(CC(C5)C2)C4)C3)C1. The zero-order chi connectivity index (χ0) is 20.3. The number of hydrogen-bond acceptors (Lipinski definition) is 3. The van der Waals surface area contributed by atoms with Gasteiger partial charge in [-0.3, -0.25) is 0 Å². The first-order chi connectivity index (χ1) is 14.5. The molecule has 1 aromatic rings. The lowest BCUT2D eigenvalue weighted by Gasteiger charge is -2.56. The Labute approximate surface area is 186 Å². The van der Waals surface area contributed by atoms with E-state index in [-0.39, 0.29) is 12.1 Å². The molecule has 0 spiro atoms. The summed E-state index contributed by atoms with van der Waals surface area (Å²) in [7, 11) is 0. The highest BCUT2D eigenvalue weighted by atomic mass is 32.2. The van der Waals surface area contributed by atoms with Crippen molar-refractivity contribution in [3.8, 4) is 0 Å². The van der Waals surface area contributed by atoms with Crippen molar-refractivity contribution in [1.82, 2.24) is 0 Å². The fraction of sp³-hybridized carbons (Fsp3) is 0.778. The fourth-order valence-electron chi connectivity index (χ4n) is 8.33. The van der Waals surface area contributed by atoms with E-state index < -0.39 is 0 Å². The molecule has 0 unspecified atom stereocenters. The molecule has 0 radical (unpaired) electrons. The topological polar surface area (TPSA) is 46.2 Å². The number of aryl methyl sites for hydroxylation is 1. The number of aliphatic hydroxyl groups excluding tert-OH is 1. The van der Waals surface area contributed by atoms with Gasteiger partial charge in [-0.05, 0) is 129 Å². The summed E-state index contributed by atoms with van der Waals surface area (Å²) in [5.41, 5.74) is 10.7. The van der Waals surface area contributed by atoms with Gasteiger partial charge in [-0.1, -0.05) is 18.2 Å². The van der Waals surface area contributed by atoms with Gasteiger partial charge >= 0.3 is 0 Å². The lowest BCUT2D eigenvalue weighted by molar-refractivity contribution is 0.0382. The highest BCUT2D eigenvalue weighted by Crippen LogP contribution is 2.61. The Morgan fingerprint density at radius 1 is 0.967 bits per heavy atom. The van der Waals surface area contributed by atoms with Crippen LogP contribution >= 0.6 is 11.8 Å². The van der Waals surface area contributed by atoms with Crippen LogP contribution in [0.3, 0.4) is 0 Å². The van der Waals surface area contributed by atoms with Crippen LogP contribution in [0.15, 0.2) is 18.2 Å². The second kappa shape index (κ2) is 7.52. The minimum Gasteiger partial charge on any atom is -0.394 e. The third-order valence-corrected chi connectivity index (χ3v) is 11.3. The number of fused-ring (bicyclic) bond motifs is 1. The largest absolute Gasteiger partial charge is 0.394 e. The summed E-state index contributed by atoms with van der Waals surface area (Å²) in [6.07, 6.45) is 16.2. The second-order valence-corrected chi connectivity index (χ2v) is 13.5. The van der Waals surface area contributed by atoms with Crippen molar-refractivity contribution in [3.63, 3.8) is 0 Å². The molecule has 0 amide bonds. The van der Waals surface area contributed by atoms with E-state index in [2.05, 4.69) is 30.0 Å². The summed E-state index contributed by atoms with van der Waals surface area (Å²) >= 11 is 2.40. The van der Waals surface area contributed by atoms with Crippen molar-refractivity contribution in [2.45, 2.75) is 93.3 Å². The molecule has 6 aliphatic carbocycles. The first kappa shape index (κ1) is 20.1. The molecule has 6 aliphatic rings. The van der Waals surface area contributed by atoms with Gasteiger partial charge in [0.05, 0.1) is 6.61 Å². The van der Waals surface area contributed by atoms with E-state index in [1.54, 1.807) is 30.4 Å². The summed E-state index contributed by atoms with van der Waals surface area (Å²) < 4.78 is 0.669. The predicted octanol–water partition coefficient (Wildman–Crippen LogP) is 5.45. The third kappa shape index (κ3) is 3.67. The van der Waals surface area contributed by atoms with E-state index in [0.29, 0.717) is 10.7 Å². The average Bonchev–Trinajstić information content (AvgIpc) is 3.14. The molecule has 1 aromatic carbocycles. The molecule has 4 bridgehead atoms. The van der Waals surface area contributed by atoms with Gasteiger partial charge in [0.1, 0.15) is 0 Å². The number of thioether (sulfide) groups is 1. The highest BCUT2D eigenvalue weighted by Gasteiger charge is 2.51. The maximum atomic E-state index is 9.60. The molecule has 7 rings (SSSR count). The summed E-state index contributed by atoms with van der Waals surface area (Å²) in [6, 6.07) is 7.30. The number of benzene rings is 1. The molecule has 3 N–H and O–H groups in total. The zero-order valence-corrected chi connectivity index (χ0v) is 19.3. The van der Waals surface area contributed by atoms with Gasteiger partial charge in [-0.15, -0.1) is 0 Å². The van der Waals surface area contributed by atoms with Gasteiger partial charge in [0.2, 0.25) is 0 Å². The van der Waals surface area contributed by atoms with Crippen molar-refractivity contribution in [3.05, 3.63) is 34.9 Å². The van der Waals surface area contributed by atoms with Crippen LogP contribution in [0.4, 0.5) is 0 Å². The quantitative estimate of drug-likeness (QED) is 0.659. The van der Waals surface area contributed by atoms with E-state index in [1.165, 1.54) is 49.8 Å². The lowest BCUT2D eigenvalue weighted by Crippen LogP contribution is -2.48. The number of hydrogen-bond donors (Lipinski definition) is 2. The Hall–Kier alpha value is -0.510. The van der Waals surface area contributed by atoms with E-state index in [0.717, 1.165) is 42.9 Å². The summed E-state index contributed by atoms with van der Waals surface area (Å²) in [6.45, 7) is 0.123. The highest BCUT2D eigenvalue weighted by molar-refractivity contribution is 8.00. The predicted molar refractivity (Wildman–Crippen MR) is 126 cm³/mol. The van der Waals surface area contributed by atoms with Crippen LogP contribution in [-0.2, 0) is 12.8 Å². The maximum Gasteiger partial charge on any atom is 0.0611 e. The molecular weight excluding hydrogens is 386 g/mol. The summed E-state index contributed by atoms with van der Waals surface area (Å²) in [5, 5.41) is 9.60. The van der Waals surface area contributed by atoms with Crippen LogP contribution in [0.2, 0.25) is 0 Å². The number of aliphatic hydroxyl groups is 1. The molecule has 0 aliphatic heterocycles. The van der Waals surface area contributed by atoms with Gasteiger partial charge in [-0.2, -0.15) is 11.8 Å². The minimum atomic E-state index is -0.347. The fourth-order valence-corrected chi connectivity index (χ4v) is 10.3. The Kier molecular flexibility index (Phi) is 5.05. The van der Waals surface area contributed by atoms with Crippen LogP contribution in [0.1, 0.15) is 86.8 Å². The van der Waals surface area contributed by atoms with Crippen molar-refractivity contribution in [2.24, 2.45) is 29.4 Å². The van der Waals surface area contributed by atoms with Crippen LogP contribution < -0.4 is 5.73 Å². The Morgan fingerprint density at radius 2 is 1.70 bits per heavy atom. The molecular formula is C27H39NOS. The van der Waals surface area contributed by atoms with Gasteiger partial charge in [0.25, 0.3) is 0 Å². The molecule has 3 atom stereocenters. The third-order valence-electron chi connectivity index (χ3n) is 9.60. The molecule has 5 saturated carbocycles. The lowest BCUT2D eigenvalue weighted by atomic mass is 9.56. The maximum absolute atomic E-state index is 9.60. The smallest absolute Gasteiger partial charge is 0.0611 e. The van der Waals surface area contributed by atoms with Gasteiger partial charge in [0.15, 0.2) is 0 Å². The summed E-state index contributed by atoms with van der Waals surface area (Å²) in [4.78, 5) is 0. The standard InChI is InChI=1S/C27H39NOS/c28-26(17-29)6-5-25(15-26)24-4-3-22-10-18(1-2-23(22)11-24)16-30-27-12-19-7-20(13-27)9-21(8-19)14-27/h3-4,11,18-21,25,29H,1-2,5-10,12-17,28H2/t18-,19?,20?,21?,25+,26-,27?/m1/s1. The van der Waals surface area contributed by atoms with Crippen molar-refractivity contribution < 1.29 is 5.11 Å². The Morgan fingerprint density at radius 3 is 2.37 bits per heavy atom. The molecule has 164 valence electrons. The normalized spacial score (nSPS) is 44.4. The van der Waals surface area contributed by atoms with E-state index in [4.69, 9.17) is 5.73 Å². The average molecular weight is 426 g/mol. The molecule has 0 saturated heterocycles. The minimum absolute atomic E-state index is 0.123. The first-order valence-corrected chi connectivity index (χ1v) is 13.7. The molecule has 3 heteroatoms. The van der Waals surface area contributed by atoms with Gasteiger partial charge < -0.3 is 10.8 Å². The monoisotopic (exact) mass is 425 g/mol. The van der Waals surface area contributed by atoms with E-state index in [9.17, 15) is 5.11 Å². The van der Waals surface area contributed by atoms with E-state index in [1.807, 2.05) is 0 Å². The van der Waals surface area contributed by atoms with Crippen LogP contribution in [-0.4, -0.2) is 27.8 Å². The van der Waals surface area contributed by atoms with Crippen molar-refractivity contribution in [2.75, 3.05) is 12.4 Å². The second-order valence-electron chi connectivity index (χ2n) is 12.0. The molecule has 30 heavy (non-hydrogen) atoms. The van der Waals surface area contributed by atoms with Gasteiger partial charge in [0, 0.05) is 10.3 Å². The molecule has 0 aromatic heterocycles. The Bertz CT molecular complexity index is 771. The van der Waals surface area contributed by atoms with Crippen molar-refractivity contribution >= 4 is 11.8 Å². The number of rotatable bonds is 5. The Balaban J connectivity index is 1.08. The van der Waals surface area contributed by atoms with Crippen molar-refractivity contribution in [1.29, 1.82) is 0 Å². The van der Waals surface area contributed by atoms with Crippen LogP contribution in [0.25, 0.3) is 0 Å². The molecule has 0 heterocycles. The zero-order valence-electron chi connectivity index (χ0n) is 18.5. The first-order valence-electron chi connectivity index (χ1n) is 12.7. The van der Waals surface area contributed by atoms with Crippen LogP contribution in [0.5, 0.6) is 0 Å². The molecule has 2 nitrogen and oxygen atoms in total. The number of nitrogens with two attached hydrogens (primary N) is 1. The molecule has 5 fully saturated rings. The summed E-state index contributed by atoms with van der Waals surface area (Å²) in [5.74, 6) is 6.02. The van der Waals surface area contributed by atoms with E-state index >= 15 is 0 Å². The van der Waals surface area contributed by atoms with Gasteiger partial charge in [-0.25, -0.2) is 0 Å². The van der Waals surface area contributed by atoms with Crippen LogP contribution in [0, 0.1) is 23.7 Å².